The SMILES string of the molecule is CC(C)NCc1ccccc1OCc1ccc(Cl)cc1F. The molecule has 0 saturated carbocycles. The average Bonchev–Trinajstić information content (AvgIpc) is 2.45. The van der Waals surface area contributed by atoms with Crippen LogP contribution in [0.2, 0.25) is 5.02 Å². The van der Waals surface area contributed by atoms with Crippen molar-refractivity contribution in [2.45, 2.75) is 33.0 Å². The van der Waals surface area contributed by atoms with E-state index in [0.717, 1.165) is 17.9 Å². The van der Waals surface area contributed by atoms with Gasteiger partial charge in [-0.25, -0.2) is 4.39 Å². The van der Waals surface area contributed by atoms with Crippen LogP contribution in [0.1, 0.15) is 25.0 Å². The number of nitrogens with one attached hydrogen (secondary N) is 1. The maximum Gasteiger partial charge on any atom is 0.131 e. The molecular formula is C17H19ClFNO. The monoisotopic (exact) mass is 307 g/mol. The lowest BCUT2D eigenvalue weighted by Gasteiger charge is -2.14. The van der Waals surface area contributed by atoms with E-state index in [2.05, 4.69) is 19.2 Å². The van der Waals surface area contributed by atoms with Crippen LogP contribution in [0.4, 0.5) is 4.39 Å². The summed E-state index contributed by atoms with van der Waals surface area (Å²) >= 11 is 5.74. The lowest BCUT2D eigenvalue weighted by molar-refractivity contribution is 0.295. The van der Waals surface area contributed by atoms with E-state index in [1.807, 2.05) is 24.3 Å². The van der Waals surface area contributed by atoms with Crippen molar-refractivity contribution < 1.29 is 9.13 Å². The van der Waals surface area contributed by atoms with Crippen LogP contribution in [0.15, 0.2) is 42.5 Å². The fourth-order valence-electron chi connectivity index (χ4n) is 1.90. The quantitative estimate of drug-likeness (QED) is 0.845. The molecule has 2 aromatic rings. The highest BCUT2D eigenvalue weighted by molar-refractivity contribution is 6.30. The number of halogens is 2. The van der Waals surface area contributed by atoms with Gasteiger partial charge in [-0.15, -0.1) is 0 Å². The van der Waals surface area contributed by atoms with Gasteiger partial charge in [0.2, 0.25) is 0 Å². The second kappa shape index (κ2) is 7.43. The van der Waals surface area contributed by atoms with Crippen LogP contribution in [-0.2, 0) is 13.2 Å². The molecule has 1 N–H and O–H groups in total. The van der Waals surface area contributed by atoms with Gasteiger partial charge in [0.1, 0.15) is 18.2 Å². The Labute approximate surface area is 129 Å². The van der Waals surface area contributed by atoms with Gasteiger partial charge in [-0.05, 0) is 18.2 Å². The zero-order valence-electron chi connectivity index (χ0n) is 12.2. The van der Waals surface area contributed by atoms with Gasteiger partial charge < -0.3 is 10.1 Å². The molecular weight excluding hydrogens is 289 g/mol. The Morgan fingerprint density at radius 1 is 1.14 bits per heavy atom. The predicted octanol–water partition coefficient (Wildman–Crippen LogP) is 4.56. The van der Waals surface area contributed by atoms with Gasteiger partial charge in [0.05, 0.1) is 0 Å². The molecule has 0 atom stereocenters. The molecule has 0 aliphatic rings. The van der Waals surface area contributed by atoms with E-state index in [1.54, 1.807) is 12.1 Å². The fourth-order valence-corrected chi connectivity index (χ4v) is 2.06. The highest BCUT2D eigenvalue weighted by Gasteiger charge is 2.07. The summed E-state index contributed by atoms with van der Waals surface area (Å²) in [7, 11) is 0. The molecule has 0 aliphatic heterocycles. The molecule has 112 valence electrons. The van der Waals surface area contributed by atoms with Crippen molar-refractivity contribution >= 4 is 11.6 Å². The second-order valence-electron chi connectivity index (χ2n) is 5.17. The molecule has 0 heterocycles. The number of ether oxygens (including phenoxy) is 1. The van der Waals surface area contributed by atoms with Gasteiger partial charge in [-0.3, -0.25) is 0 Å². The molecule has 0 aliphatic carbocycles. The zero-order valence-corrected chi connectivity index (χ0v) is 13.0. The molecule has 2 aromatic carbocycles. The molecule has 0 bridgehead atoms. The number of benzene rings is 2. The summed E-state index contributed by atoms with van der Waals surface area (Å²) in [5, 5.41) is 3.73. The highest BCUT2D eigenvalue weighted by Crippen LogP contribution is 2.21. The standard InChI is InChI=1S/C17H19ClFNO/c1-12(2)20-10-13-5-3-4-6-17(13)21-11-14-7-8-15(18)9-16(14)19/h3-9,12,20H,10-11H2,1-2H3. The third-order valence-corrected chi connectivity index (χ3v) is 3.31. The summed E-state index contributed by atoms with van der Waals surface area (Å²) in [6.07, 6.45) is 0. The molecule has 0 fully saturated rings. The van der Waals surface area contributed by atoms with Gasteiger partial charge >= 0.3 is 0 Å². The summed E-state index contributed by atoms with van der Waals surface area (Å²) in [4.78, 5) is 0. The summed E-state index contributed by atoms with van der Waals surface area (Å²) < 4.78 is 19.5. The average molecular weight is 308 g/mol. The largest absolute Gasteiger partial charge is 0.488 e. The summed E-state index contributed by atoms with van der Waals surface area (Å²) in [5.41, 5.74) is 1.55. The molecule has 0 saturated heterocycles. The highest BCUT2D eigenvalue weighted by atomic mass is 35.5. The number of para-hydroxylation sites is 1. The lowest BCUT2D eigenvalue weighted by Crippen LogP contribution is -2.22. The fraction of sp³-hybridized carbons (Fsp3) is 0.294. The first-order chi connectivity index (χ1) is 10.1. The normalized spacial score (nSPS) is 10.9. The molecule has 21 heavy (non-hydrogen) atoms. The minimum absolute atomic E-state index is 0.182. The Kier molecular flexibility index (Phi) is 5.59. The van der Waals surface area contributed by atoms with E-state index in [4.69, 9.17) is 16.3 Å². The van der Waals surface area contributed by atoms with E-state index < -0.39 is 0 Å². The Balaban J connectivity index is 2.05. The van der Waals surface area contributed by atoms with Gasteiger partial charge in [0, 0.05) is 28.7 Å². The molecule has 2 nitrogen and oxygen atoms in total. The van der Waals surface area contributed by atoms with Crippen LogP contribution < -0.4 is 10.1 Å². The maximum atomic E-state index is 13.7. The van der Waals surface area contributed by atoms with Crippen LogP contribution >= 0.6 is 11.6 Å². The van der Waals surface area contributed by atoms with E-state index in [0.29, 0.717) is 16.6 Å². The van der Waals surface area contributed by atoms with Gasteiger partial charge in [0.25, 0.3) is 0 Å². The van der Waals surface area contributed by atoms with E-state index in [9.17, 15) is 4.39 Å². The molecule has 2 rings (SSSR count). The van der Waals surface area contributed by atoms with Crippen LogP contribution in [0.5, 0.6) is 5.75 Å². The number of rotatable bonds is 6. The minimum Gasteiger partial charge on any atom is -0.488 e. The molecule has 0 amide bonds. The van der Waals surface area contributed by atoms with Crippen molar-refractivity contribution in [2.75, 3.05) is 0 Å². The zero-order chi connectivity index (χ0) is 15.2. The van der Waals surface area contributed by atoms with Crippen LogP contribution in [-0.4, -0.2) is 6.04 Å². The first-order valence-electron chi connectivity index (χ1n) is 6.94. The molecule has 0 radical (unpaired) electrons. The Hall–Kier alpha value is -1.58. The minimum atomic E-state index is -0.347. The van der Waals surface area contributed by atoms with E-state index >= 15 is 0 Å². The lowest BCUT2D eigenvalue weighted by atomic mass is 10.2. The smallest absolute Gasteiger partial charge is 0.131 e. The number of hydrogen-bond acceptors (Lipinski definition) is 2. The second-order valence-corrected chi connectivity index (χ2v) is 5.60. The van der Waals surface area contributed by atoms with E-state index in [-0.39, 0.29) is 12.4 Å². The topological polar surface area (TPSA) is 21.3 Å². The molecule has 0 aromatic heterocycles. The molecule has 4 heteroatoms. The van der Waals surface area contributed by atoms with Crippen LogP contribution in [0.3, 0.4) is 0 Å². The maximum absolute atomic E-state index is 13.7. The third kappa shape index (κ3) is 4.73. The first kappa shape index (κ1) is 15.8. The van der Waals surface area contributed by atoms with Crippen molar-refractivity contribution in [1.29, 1.82) is 0 Å². The van der Waals surface area contributed by atoms with Crippen molar-refractivity contribution in [2.24, 2.45) is 0 Å². The van der Waals surface area contributed by atoms with Gasteiger partial charge in [0.15, 0.2) is 0 Å². The molecule has 0 spiro atoms. The van der Waals surface area contributed by atoms with Crippen molar-refractivity contribution in [1.82, 2.24) is 5.32 Å². The Bertz CT molecular complexity index is 601. The Morgan fingerprint density at radius 2 is 1.90 bits per heavy atom. The molecule has 0 unspecified atom stereocenters. The summed E-state index contributed by atoms with van der Waals surface area (Å²) in [6, 6.07) is 12.8. The van der Waals surface area contributed by atoms with E-state index in [1.165, 1.54) is 6.07 Å². The summed E-state index contributed by atoms with van der Waals surface area (Å²) in [5.74, 6) is 0.417. The predicted molar refractivity (Wildman–Crippen MR) is 84.2 cm³/mol. The Morgan fingerprint density at radius 3 is 2.62 bits per heavy atom. The number of hydrogen-bond donors (Lipinski definition) is 1. The van der Waals surface area contributed by atoms with Crippen LogP contribution in [0, 0.1) is 5.82 Å². The van der Waals surface area contributed by atoms with Crippen molar-refractivity contribution in [3.63, 3.8) is 0 Å². The van der Waals surface area contributed by atoms with Crippen molar-refractivity contribution in [3.05, 3.63) is 64.4 Å². The van der Waals surface area contributed by atoms with Gasteiger partial charge in [-0.1, -0.05) is 49.7 Å². The summed E-state index contributed by atoms with van der Waals surface area (Å²) in [6.45, 7) is 5.08. The van der Waals surface area contributed by atoms with Crippen molar-refractivity contribution in [3.8, 4) is 5.75 Å². The van der Waals surface area contributed by atoms with Gasteiger partial charge in [-0.2, -0.15) is 0 Å². The third-order valence-electron chi connectivity index (χ3n) is 3.07. The first-order valence-corrected chi connectivity index (χ1v) is 7.32. The van der Waals surface area contributed by atoms with Crippen LogP contribution in [0.25, 0.3) is 0 Å².